The van der Waals surface area contributed by atoms with Crippen molar-refractivity contribution in [1.29, 1.82) is 0 Å². The lowest BCUT2D eigenvalue weighted by Gasteiger charge is -2.12. The lowest BCUT2D eigenvalue weighted by Crippen LogP contribution is -2.13. The molecule has 0 aromatic carbocycles. The first-order valence-electron chi connectivity index (χ1n) is 5.88. The van der Waals surface area contributed by atoms with Crippen molar-refractivity contribution in [1.82, 2.24) is 0 Å². The zero-order valence-electron chi connectivity index (χ0n) is 10.6. The van der Waals surface area contributed by atoms with Gasteiger partial charge in [-0.15, -0.1) is 0 Å². The largest absolute Gasteiger partial charge is 0.495 e. The third kappa shape index (κ3) is 6.97. The van der Waals surface area contributed by atoms with Crippen LogP contribution in [0.25, 0.3) is 0 Å². The molecule has 5 heteroatoms. The Kier molecular flexibility index (Phi) is 9.47. The molecule has 0 aliphatic rings. The van der Waals surface area contributed by atoms with Gasteiger partial charge in [-0.3, -0.25) is 0 Å². The van der Waals surface area contributed by atoms with Crippen LogP contribution in [0.15, 0.2) is 11.3 Å². The van der Waals surface area contributed by atoms with Crippen LogP contribution >= 0.6 is 0 Å². The number of aliphatic hydroxyl groups is 2. The van der Waals surface area contributed by atoms with Crippen LogP contribution in [0.5, 0.6) is 0 Å². The summed E-state index contributed by atoms with van der Waals surface area (Å²) in [5.41, 5.74) is 0.403. The molecule has 0 aliphatic heterocycles. The molecule has 0 radical (unpaired) electrons. The molecular weight excluding hydrogens is 224 g/mol. The topological polar surface area (TPSA) is 76.0 Å². The number of esters is 1. The van der Waals surface area contributed by atoms with Crippen LogP contribution in [0, 0.1) is 0 Å². The van der Waals surface area contributed by atoms with E-state index in [2.05, 4.69) is 0 Å². The van der Waals surface area contributed by atoms with Gasteiger partial charge in [-0.25, -0.2) is 4.79 Å². The zero-order valence-corrected chi connectivity index (χ0v) is 10.6. The lowest BCUT2D eigenvalue weighted by molar-refractivity contribution is -0.140. The van der Waals surface area contributed by atoms with E-state index in [0.29, 0.717) is 17.8 Å². The van der Waals surface area contributed by atoms with Crippen LogP contribution < -0.4 is 0 Å². The number of carbonyl (C=O) groups is 1. The second-order valence-electron chi connectivity index (χ2n) is 3.58. The minimum absolute atomic E-state index is 0.0166. The Morgan fingerprint density at radius 2 is 1.71 bits per heavy atom. The second kappa shape index (κ2) is 10.1. The Morgan fingerprint density at radius 1 is 1.12 bits per heavy atom. The second-order valence-corrected chi connectivity index (χ2v) is 3.58. The fourth-order valence-corrected chi connectivity index (χ4v) is 1.23. The summed E-state index contributed by atoms with van der Waals surface area (Å²) in [5.74, 6) is 0.0759. The van der Waals surface area contributed by atoms with Crippen LogP contribution in [0.2, 0.25) is 0 Å². The molecule has 0 heterocycles. The van der Waals surface area contributed by atoms with Crippen LogP contribution in [0.4, 0.5) is 0 Å². The summed E-state index contributed by atoms with van der Waals surface area (Å²) in [6, 6.07) is 0. The van der Waals surface area contributed by atoms with Gasteiger partial charge < -0.3 is 19.7 Å². The molecular formula is C12H22O5. The van der Waals surface area contributed by atoms with Crippen molar-refractivity contribution in [3.05, 3.63) is 11.3 Å². The molecule has 0 amide bonds. The van der Waals surface area contributed by atoms with E-state index >= 15 is 0 Å². The summed E-state index contributed by atoms with van der Waals surface area (Å²) in [6.07, 6.45) is 2.55. The van der Waals surface area contributed by atoms with Crippen molar-refractivity contribution < 1.29 is 24.5 Å². The van der Waals surface area contributed by atoms with E-state index in [1.165, 1.54) is 0 Å². The van der Waals surface area contributed by atoms with Gasteiger partial charge in [0.05, 0.1) is 18.8 Å². The van der Waals surface area contributed by atoms with Gasteiger partial charge in [-0.05, 0) is 13.3 Å². The first-order valence-corrected chi connectivity index (χ1v) is 5.88. The number of carbonyl (C=O) groups excluding carboxylic acids is 1. The molecule has 17 heavy (non-hydrogen) atoms. The molecule has 0 aromatic heterocycles. The third-order valence-corrected chi connectivity index (χ3v) is 2.17. The fourth-order valence-electron chi connectivity index (χ4n) is 1.23. The quantitative estimate of drug-likeness (QED) is 0.360. The Labute approximate surface area is 102 Å². The molecule has 0 aromatic rings. The van der Waals surface area contributed by atoms with E-state index in [1.54, 1.807) is 6.92 Å². The van der Waals surface area contributed by atoms with Crippen molar-refractivity contribution in [2.75, 3.05) is 26.4 Å². The number of ether oxygens (including phenoxy) is 2. The zero-order chi connectivity index (χ0) is 13.1. The highest BCUT2D eigenvalue weighted by atomic mass is 16.5. The van der Waals surface area contributed by atoms with Gasteiger partial charge in [0.2, 0.25) is 0 Å². The van der Waals surface area contributed by atoms with Crippen LogP contribution in [0.3, 0.4) is 0 Å². The predicted molar refractivity (Wildman–Crippen MR) is 63.3 cm³/mol. The molecule has 0 bridgehead atoms. The maximum atomic E-state index is 11.5. The van der Waals surface area contributed by atoms with Crippen molar-refractivity contribution in [2.45, 2.75) is 33.1 Å². The first-order chi connectivity index (χ1) is 8.17. The number of allylic oxidation sites excluding steroid dienone is 1. The smallest absolute Gasteiger partial charge is 0.337 e. The van der Waals surface area contributed by atoms with Crippen molar-refractivity contribution in [3.8, 4) is 0 Å². The SMILES string of the molecule is CCCCC(OCCO)=C(C)C(=O)OCCO. The average molecular weight is 246 g/mol. The third-order valence-electron chi connectivity index (χ3n) is 2.17. The van der Waals surface area contributed by atoms with Crippen molar-refractivity contribution >= 4 is 5.97 Å². The van der Waals surface area contributed by atoms with Crippen molar-refractivity contribution in [2.24, 2.45) is 0 Å². The van der Waals surface area contributed by atoms with Crippen molar-refractivity contribution in [3.63, 3.8) is 0 Å². The summed E-state index contributed by atoms with van der Waals surface area (Å²) in [7, 11) is 0. The number of hydrogen-bond donors (Lipinski definition) is 2. The Morgan fingerprint density at radius 3 is 2.24 bits per heavy atom. The van der Waals surface area contributed by atoms with Gasteiger partial charge in [0, 0.05) is 6.42 Å². The molecule has 0 fully saturated rings. The first kappa shape index (κ1) is 15.9. The van der Waals surface area contributed by atoms with Gasteiger partial charge in [-0.2, -0.15) is 0 Å². The van der Waals surface area contributed by atoms with Gasteiger partial charge >= 0.3 is 5.97 Å². The minimum atomic E-state index is -0.483. The average Bonchev–Trinajstić information content (AvgIpc) is 2.35. The van der Waals surface area contributed by atoms with Gasteiger partial charge in [0.1, 0.15) is 19.0 Å². The summed E-state index contributed by atoms with van der Waals surface area (Å²) in [4.78, 5) is 11.5. The molecule has 2 N–H and O–H groups in total. The highest BCUT2D eigenvalue weighted by Gasteiger charge is 2.13. The Hall–Kier alpha value is -1.07. The number of rotatable bonds is 9. The van der Waals surface area contributed by atoms with E-state index in [9.17, 15) is 4.79 Å². The Bertz CT molecular complexity index is 237. The lowest BCUT2D eigenvalue weighted by atomic mass is 10.1. The molecule has 0 atom stereocenters. The molecule has 0 spiro atoms. The predicted octanol–water partition coefficient (Wildman–Crippen LogP) is 0.995. The maximum absolute atomic E-state index is 11.5. The maximum Gasteiger partial charge on any atom is 0.337 e. The van der Waals surface area contributed by atoms with E-state index < -0.39 is 5.97 Å². The summed E-state index contributed by atoms with van der Waals surface area (Å²) < 4.78 is 10.1. The molecule has 0 rings (SSSR count). The highest BCUT2D eigenvalue weighted by Crippen LogP contribution is 2.15. The van der Waals surface area contributed by atoms with E-state index in [1.807, 2.05) is 6.92 Å². The van der Waals surface area contributed by atoms with Gasteiger partial charge in [-0.1, -0.05) is 13.3 Å². The summed E-state index contributed by atoms with van der Waals surface area (Å²) in [5, 5.41) is 17.3. The summed E-state index contributed by atoms with van der Waals surface area (Å²) in [6.45, 7) is 3.54. The van der Waals surface area contributed by atoms with Crippen LogP contribution in [-0.2, 0) is 14.3 Å². The van der Waals surface area contributed by atoms with Gasteiger partial charge in [0.15, 0.2) is 0 Å². The monoisotopic (exact) mass is 246 g/mol. The number of unbranched alkanes of at least 4 members (excludes halogenated alkanes) is 1. The fraction of sp³-hybridized carbons (Fsp3) is 0.750. The normalized spacial score (nSPS) is 12.0. The molecule has 100 valence electrons. The molecule has 0 saturated heterocycles. The van der Waals surface area contributed by atoms with Crippen LogP contribution in [-0.4, -0.2) is 42.6 Å². The minimum Gasteiger partial charge on any atom is -0.495 e. The molecule has 0 saturated carbocycles. The molecule has 0 unspecified atom stereocenters. The highest BCUT2D eigenvalue weighted by molar-refractivity contribution is 5.88. The van der Waals surface area contributed by atoms with E-state index in [4.69, 9.17) is 19.7 Å². The van der Waals surface area contributed by atoms with E-state index in [0.717, 1.165) is 12.8 Å². The van der Waals surface area contributed by atoms with Crippen LogP contribution in [0.1, 0.15) is 33.1 Å². The standard InChI is InChI=1S/C12H22O5/c1-3-4-5-11(16-8-6-13)10(2)12(15)17-9-7-14/h13-14H,3-9H2,1-2H3. The molecule has 0 aliphatic carbocycles. The summed E-state index contributed by atoms with van der Waals surface area (Å²) >= 11 is 0. The number of aliphatic hydroxyl groups excluding tert-OH is 2. The van der Waals surface area contributed by atoms with E-state index in [-0.39, 0.29) is 26.4 Å². The Balaban J connectivity index is 4.50. The number of hydrogen-bond acceptors (Lipinski definition) is 5. The van der Waals surface area contributed by atoms with Gasteiger partial charge in [0.25, 0.3) is 0 Å². The molecule has 5 nitrogen and oxygen atoms in total.